The highest BCUT2D eigenvalue weighted by atomic mass is 16.7. The molecule has 0 aliphatic rings. The second kappa shape index (κ2) is 5.89. The molecule has 0 aliphatic heterocycles. The predicted molar refractivity (Wildman–Crippen MR) is 71.8 cm³/mol. The number of carbonyl (C=O) groups excluding carboxylic acids is 1. The van der Waals surface area contributed by atoms with Gasteiger partial charge in [0, 0.05) is 0 Å². The number of rotatable bonds is 3. The van der Waals surface area contributed by atoms with Gasteiger partial charge < -0.3 is 9.47 Å². The fourth-order valence-electron chi connectivity index (χ4n) is 1.57. The molecule has 3 heteroatoms. The normalized spacial score (nSPS) is 11.4. The van der Waals surface area contributed by atoms with Crippen LogP contribution in [0.3, 0.4) is 0 Å². The number of carbonyl (C=O) groups is 1. The molecule has 0 aromatic heterocycles. The Morgan fingerprint density at radius 2 is 1.94 bits per heavy atom. The molecule has 0 saturated heterocycles. The van der Waals surface area contributed by atoms with Crippen molar-refractivity contribution in [2.75, 3.05) is 0 Å². The van der Waals surface area contributed by atoms with Gasteiger partial charge in [-0.05, 0) is 50.8 Å². The van der Waals surface area contributed by atoms with Gasteiger partial charge in [-0.1, -0.05) is 26.0 Å². The summed E-state index contributed by atoms with van der Waals surface area (Å²) in [7, 11) is 0. The molecule has 18 heavy (non-hydrogen) atoms. The molecule has 1 aromatic rings. The van der Waals surface area contributed by atoms with Crippen LogP contribution in [-0.4, -0.2) is 11.8 Å². The zero-order valence-corrected chi connectivity index (χ0v) is 11.8. The molecule has 3 nitrogen and oxygen atoms in total. The Balaban J connectivity index is 2.65. The van der Waals surface area contributed by atoms with Crippen LogP contribution in [0.1, 0.15) is 40.2 Å². The van der Waals surface area contributed by atoms with E-state index >= 15 is 0 Å². The Labute approximate surface area is 109 Å². The van der Waals surface area contributed by atoms with E-state index in [4.69, 9.17) is 9.47 Å². The summed E-state index contributed by atoms with van der Waals surface area (Å²) in [5.74, 6) is 1.10. The molecule has 0 N–H and O–H groups in total. The van der Waals surface area contributed by atoms with Crippen molar-refractivity contribution < 1.29 is 14.3 Å². The lowest BCUT2D eigenvalue weighted by atomic mass is 10.0. The van der Waals surface area contributed by atoms with Crippen molar-refractivity contribution in [1.29, 1.82) is 0 Å². The van der Waals surface area contributed by atoms with E-state index in [0.717, 1.165) is 12.0 Å². The van der Waals surface area contributed by atoms with E-state index in [1.165, 1.54) is 0 Å². The highest BCUT2D eigenvalue weighted by Gasteiger charge is 2.18. The third kappa shape index (κ3) is 5.71. The fraction of sp³-hybridized carbons (Fsp3) is 0.533. The Morgan fingerprint density at radius 1 is 1.28 bits per heavy atom. The van der Waals surface area contributed by atoms with Gasteiger partial charge in [-0.2, -0.15) is 0 Å². The number of benzene rings is 1. The smallest absolute Gasteiger partial charge is 0.428 e. The van der Waals surface area contributed by atoms with E-state index in [1.54, 1.807) is 6.07 Å². The number of hydrogen-bond acceptors (Lipinski definition) is 3. The van der Waals surface area contributed by atoms with Gasteiger partial charge in [0.25, 0.3) is 0 Å². The molecular weight excluding hydrogens is 228 g/mol. The Morgan fingerprint density at radius 3 is 2.50 bits per heavy atom. The van der Waals surface area contributed by atoms with Crippen molar-refractivity contribution >= 4 is 6.16 Å². The minimum Gasteiger partial charge on any atom is -0.428 e. The maximum atomic E-state index is 11.5. The molecule has 0 atom stereocenters. The summed E-state index contributed by atoms with van der Waals surface area (Å²) in [6, 6.07) is 7.55. The van der Waals surface area contributed by atoms with Crippen LogP contribution in [0.2, 0.25) is 0 Å². The topological polar surface area (TPSA) is 35.5 Å². The lowest BCUT2D eigenvalue weighted by Gasteiger charge is -2.18. The van der Waals surface area contributed by atoms with Crippen LogP contribution in [0.5, 0.6) is 5.75 Å². The first-order valence-electron chi connectivity index (χ1n) is 6.26. The van der Waals surface area contributed by atoms with Crippen molar-refractivity contribution in [3.63, 3.8) is 0 Å². The van der Waals surface area contributed by atoms with Crippen molar-refractivity contribution in [2.45, 2.75) is 46.6 Å². The molecule has 100 valence electrons. The van der Waals surface area contributed by atoms with Crippen LogP contribution >= 0.6 is 0 Å². The average Bonchev–Trinajstić information content (AvgIpc) is 2.13. The average molecular weight is 250 g/mol. The Bertz CT molecular complexity index is 402. The first kappa shape index (κ1) is 14.6. The van der Waals surface area contributed by atoms with E-state index in [0.29, 0.717) is 11.7 Å². The minimum atomic E-state index is -0.663. The maximum absolute atomic E-state index is 11.5. The summed E-state index contributed by atoms with van der Waals surface area (Å²) in [6.45, 7) is 9.74. The summed E-state index contributed by atoms with van der Waals surface area (Å²) in [6.07, 6.45) is 0.301. The third-order valence-electron chi connectivity index (χ3n) is 2.13. The summed E-state index contributed by atoms with van der Waals surface area (Å²) in [5, 5.41) is 0. The SMILES string of the molecule is CC(C)Cc1cccc(OC(=O)OC(C)(C)C)c1. The van der Waals surface area contributed by atoms with Crippen molar-refractivity contribution in [3.05, 3.63) is 29.8 Å². The lowest BCUT2D eigenvalue weighted by molar-refractivity contribution is 0.0206. The Kier molecular flexibility index (Phi) is 4.76. The molecule has 0 unspecified atom stereocenters. The molecule has 0 aliphatic carbocycles. The zero-order valence-electron chi connectivity index (χ0n) is 11.8. The minimum absolute atomic E-state index is 0.530. The van der Waals surface area contributed by atoms with Gasteiger partial charge in [-0.3, -0.25) is 0 Å². The van der Waals surface area contributed by atoms with Crippen LogP contribution in [0.4, 0.5) is 4.79 Å². The molecule has 0 amide bonds. The first-order valence-corrected chi connectivity index (χ1v) is 6.26. The van der Waals surface area contributed by atoms with Crippen LogP contribution in [0, 0.1) is 5.92 Å². The first-order chi connectivity index (χ1) is 8.26. The molecule has 1 rings (SSSR count). The molecule has 0 radical (unpaired) electrons. The highest BCUT2D eigenvalue weighted by Crippen LogP contribution is 2.18. The standard InChI is InChI=1S/C15H22O3/c1-11(2)9-12-7-6-8-13(10-12)17-14(16)18-15(3,4)5/h6-8,10-11H,9H2,1-5H3. The molecule has 0 spiro atoms. The predicted octanol–water partition coefficient (Wildman–Crippen LogP) is 4.20. The van der Waals surface area contributed by atoms with E-state index in [2.05, 4.69) is 13.8 Å². The third-order valence-corrected chi connectivity index (χ3v) is 2.13. The molecule has 0 fully saturated rings. The Hall–Kier alpha value is -1.51. The van der Waals surface area contributed by atoms with Crippen LogP contribution in [-0.2, 0) is 11.2 Å². The molecule has 0 heterocycles. The summed E-state index contributed by atoms with van der Waals surface area (Å²) >= 11 is 0. The van der Waals surface area contributed by atoms with Crippen LogP contribution in [0.25, 0.3) is 0 Å². The van der Waals surface area contributed by atoms with E-state index < -0.39 is 11.8 Å². The maximum Gasteiger partial charge on any atom is 0.514 e. The van der Waals surface area contributed by atoms with Crippen molar-refractivity contribution in [1.82, 2.24) is 0 Å². The highest BCUT2D eigenvalue weighted by molar-refractivity contribution is 5.64. The quantitative estimate of drug-likeness (QED) is 0.595. The van der Waals surface area contributed by atoms with Crippen LogP contribution < -0.4 is 4.74 Å². The van der Waals surface area contributed by atoms with Crippen LogP contribution in [0.15, 0.2) is 24.3 Å². The van der Waals surface area contributed by atoms with Gasteiger partial charge >= 0.3 is 6.16 Å². The van der Waals surface area contributed by atoms with Crippen molar-refractivity contribution in [2.24, 2.45) is 5.92 Å². The van der Waals surface area contributed by atoms with E-state index in [9.17, 15) is 4.79 Å². The summed E-state index contributed by atoms with van der Waals surface area (Å²) < 4.78 is 10.3. The van der Waals surface area contributed by atoms with E-state index in [-0.39, 0.29) is 0 Å². The van der Waals surface area contributed by atoms with Gasteiger partial charge in [0.05, 0.1) is 0 Å². The number of ether oxygens (including phenoxy) is 2. The molecule has 0 saturated carbocycles. The molecule has 1 aromatic carbocycles. The number of hydrogen-bond donors (Lipinski definition) is 0. The van der Waals surface area contributed by atoms with E-state index in [1.807, 2.05) is 39.0 Å². The molecule has 0 bridgehead atoms. The van der Waals surface area contributed by atoms with Gasteiger partial charge in [-0.15, -0.1) is 0 Å². The van der Waals surface area contributed by atoms with Gasteiger partial charge in [0.15, 0.2) is 0 Å². The second-order valence-corrected chi connectivity index (χ2v) is 5.81. The lowest BCUT2D eigenvalue weighted by Crippen LogP contribution is -2.26. The fourth-order valence-corrected chi connectivity index (χ4v) is 1.57. The molecular formula is C15H22O3. The van der Waals surface area contributed by atoms with Gasteiger partial charge in [0.2, 0.25) is 0 Å². The zero-order chi connectivity index (χ0) is 13.8. The monoisotopic (exact) mass is 250 g/mol. The van der Waals surface area contributed by atoms with Gasteiger partial charge in [-0.25, -0.2) is 4.79 Å². The second-order valence-electron chi connectivity index (χ2n) is 5.81. The van der Waals surface area contributed by atoms with Crippen molar-refractivity contribution in [3.8, 4) is 5.75 Å². The van der Waals surface area contributed by atoms with Gasteiger partial charge in [0.1, 0.15) is 11.4 Å². The largest absolute Gasteiger partial charge is 0.514 e. The summed E-state index contributed by atoms with van der Waals surface area (Å²) in [4.78, 5) is 11.5. The summed E-state index contributed by atoms with van der Waals surface area (Å²) in [5.41, 5.74) is 0.623.